The molecule has 0 fully saturated rings. The fraction of sp³-hybridized carbons (Fsp3) is 0.333. The molecule has 0 unspecified atom stereocenters. The second-order valence-corrected chi connectivity index (χ2v) is 4.00. The second kappa shape index (κ2) is 3.96. The topological polar surface area (TPSA) is 44.8 Å². The number of aromatic nitrogens is 3. The van der Waals surface area contributed by atoms with E-state index in [0.717, 1.165) is 11.5 Å². The molecule has 0 saturated heterocycles. The first-order chi connectivity index (χ1) is 7.59. The summed E-state index contributed by atoms with van der Waals surface area (Å²) >= 11 is 0. The molecule has 2 aromatic rings. The summed E-state index contributed by atoms with van der Waals surface area (Å²) in [6, 6.07) is 6.23. The molecule has 0 radical (unpaired) electrons. The molecular formula is C12H16N4. The van der Waals surface area contributed by atoms with Gasteiger partial charge in [0, 0.05) is 12.7 Å². The Balaban J connectivity index is 2.41. The van der Waals surface area contributed by atoms with Gasteiger partial charge in [0.25, 0.3) is 0 Å². The van der Waals surface area contributed by atoms with Crippen LogP contribution < -0.4 is 4.90 Å². The number of benzene rings is 1. The van der Waals surface area contributed by atoms with Crippen molar-refractivity contribution in [1.29, 1.82) is 0 Å². The summed E-state index contributed by atoms with van der Waals surface area (Å²) in [4.78, 5) is 6.31. The number of aromatic amines is 1. The Morgan fingerprint density at radius 1 is 1.19 bits per heavy atom. The van der Waals surface area contributed by atoms with Crippen LogP contribution in [0, 0.1) is 20.8 Å². The average Bonchev–Trinajstić information content (AvgIpc) is 2.68. The Morgan fingerprint density at radius 3 is 2.56 bits per heavy atom. The molecule has 0 aliphatic carbocycles. The Bertz CT molecular complexity index is 501. The van der Waals surface area contributed by atoms with Crippen LogP contribution in [0.1, 0.15) is 17.0 Å². The summed E-state index contributed by atoms with van der Waals surface area (Å²) in [6.45, 7) is 6.12. The van der Waals surface area contributed by atoms with Gasteiger partial charge in [0.15, 0.2) is 0 Å². The maximum atomic E-state index is 4.32. The van der Waals surface area contributed by atoms with Gasteiger partial charge in [-0.05, 0) is 38.0 Å². The number of hydrogen-bond acceptors (Lipinski definition) is 3. The van der Waals surface area contributed by atoms with Gasteiger partial charge in [-0.3, -0.25) is 5.10 Å². The highest BCUT2D eigenvalue weighted by atomic mass is 15.3. The lowest BCUT2D eigenvalue weighted by atomic mass is 10.1. The molecule has 0 spiro atoms. The molecule has 1 heterocycles. The number of H-pyrrole nitrogens is 1. The van der Waals surface area contributed by atoms with Crippen LogP contribution in [0.2, 0.25) is 0 Å². The Morgan fingerprint density at radius 2 is 1.94 bits per heavy atom. The zero-order valence-corrected chi connectivity index (χ0v) is 10.1. The maximum Gasteiger partial charge on any atom is 0.248 e. The van der Waals surface area contributed by atoms with Gasteiger partial charge in [-0.2, -0.15) is 4.98 Å². The first-order valence-electron chi connectivity index (χ1n) is 5.28. The third-order valence-electron chi connectivity index (χ3n) is 2.82. The number of hydrogen-bond donors (Lipinski definition) is 1. The monoisotopic (exact) mass is 216 g/mol. The molecule has 4 nitrogen and oxygen atoms in total. The highest BCUT2D eigenvalue weighted by Gasteiger charge is 2.11. The van der Waals surface area contributed by atoms with Gasteiger partial charge in [-0.15, -0.1) is 5.10 Å². The standard InChI is InChI=1S/C12H16N4/c1-8-6-5-7-11(9(8)2)16(4)12-13-10(3)14-15-12/h5-7H,1-4H3,(H,13,14,15). The number of aryl methyl sites for hydroxylation is 2. The van der Waals surface area contributed by atoms with Crippen molar-refractivity contribution in [3.63, 3.8) is 0 Å². The quantitative estimate of drug-likeness (QED) is 0.838. The maximum absolute atomic E-state index is 4.32. The van der Waals surface area contributed by atoms with Crippen molar-refractivity contribution in [2.24, 2.45) is 0 Å². The van der Waals surface area contributed by atoms with E-state index in [0.29, 0.717) is 5.95 Å². The van der Waals surface area contributed by atoms with E-state index < -0.39 is 0 Å². The molecule has 1 aromatic heterocycles. The van der Waals surface area contributed by atoms with Crippen molar-refractivity contribution in [1.82, 2.24) is 15.2 Å². The molecule has 0 saturated carbocycles. The SMILES string of the molecule is Cc1nc(N(C)c2cccc(C)c2C)n[nH]1. The van der Waals surface area contributed by atoms with Crippen LogP contribution in [-0.4, -0.2) is 22.2 Å². The van der Waals surface area contributed by atoms with Crippen LogP contribution in [0.4, 0.5) is 11.6 Å². The molecule has 0 atom stereocenters. The first-order valence-corrected chi connectivity index (χ1v) is 5.28. The number of nitrogens with zero attached hydrogens (tertiary/aromatic N) is 3. The van der Waals surface area contributed by atoms with Gasteiger partial charge < -0.3 is 4.90 Å². The fourth-order valence-electron chi connectivity index (χ4n) is 1.69. The minimum atomic E-state index is 0.700. The fourth-order valence-corrected chi connectivity index (χ4v) is 1.69. The van der Waals surface area contributed by atoms with E-state index in [1.807, 2.05) is 24.9 Å². The third-order valence-corrected chi connectivity index (χ3v) is 2.82. The van der Waals surface area contributed by atoms with E-state index in [2.05, 4.69) is 41.2 Å². The van der Waals surface area contributed by atoms with E-state index in [9.17, 15) is 0 Å². The van der Waals surface area contributed by atoms with Crippen molar-refractivity contribution in [3.05, 3.63) is 35.2 Å². The van der Waals surface area contributed by atoms with E-state index in [-0.39, 0.29) is 0 Å². The molecule has 0 amide bonds. The molecule has 0 aliphatic rings. The summed E-state index contributed by atoms with van der Waals surface area (Å²) in [6.07, 6.45) is 0. The van der Waals surface area contributed by atoms with E-state index in [4.69, 9.17) is 0 Å². The zero-order valence-electron chi connectivity index (χ0n) is 10.1. The molecule has 16 heavy (non-hydrogen) atoms. The molecule has 4 heteroatoms. The molecule has 1 aromatic carbocycles. The largest absolute Gasteiger partial charge is 0.312 e. The summed E-state index contributed by atoms with van der Waals surface area (Å²) in [5.74, 6) is 1.53. The molecular weight excluding hydrogens is 200 g/mol. The predicted octanol–water partition coefficient (Wildman–Crippen LogP) is 2.50. The highest BCUT2D eigenvalue weighted by molar-refractivity contribution is 5.62. The Labute approximate surface area is 95.3 Å². The van der Waals surface area contributed by atoms with Crippen LogP contribution in [0.15, 0.2) is 18.2 Å². The number of nitrogens with one attached hydrogen (secondary N) is 1. The van der Waals surface area contributed by atoms with Gasteiger partial charge in [0.1, 0.15) is 5.82 Å². The molecule has 1 N–H and O–H groups in total. The van der Waals surface area contributed by atoms with Crippen molar-refractivity contribution < 1.29 is 0 Å². The Kier molecular flexibility index (Phi) is 2.64. The average molecular weight is 216 g/mol. The van der Waals surface area contributed by atoms with Crippen LogP contribution in [-0.2, 0) is 0 Å². The van der Waals surface area contributed by atoms with Crippen molar-refractivity contribution in [2.45, 2.75) is 20.8 Å². The Hall–Kier alpha value is -1.84. The predicted molar refractivity (Wildman–Crippen MR) is 65.1 cm³/mol. The lowest BCUT2D eigenvalue weighted by Gasteiger charge is -2.18. The number of rotatable bonds is 2. The summed E-state index contributed by atoms with van der Waals surface area (Å²) in [7, 11) is 1.98. The lowest BCUT2D eigenvalue weighted by Crippen LogP contribution is -2.13. The third kappa shape index (κ3) is 1.78. The van der Waals surface area contributed by atoms with E-state index in [1.54, 1.807) is 0 Å². The van der Waals surface area contributed by atoms with Crippen LogP contribution in [0.5, 0.6) is 0 Å². The van der Waals surface area contributed by atoms with E-state index >= 15 is 0 Å². The van der Waals surface area contributed by atoms with Crippen LogP contribution in [0.25, 0.3) is 0 Å². The normalized spacial score (nSPS) is 10.5. The minimum absolute atomic E-state index is 0.700. The van der Waals surface area contributed by atoms with Crippen molar-refractivity contribution >= 4 is 11.6 Å². The summed E-state index contributed by atoms with van der Waals surface area (Å²) in [5.41, 5.74) is 3.67. The van der Waals surface area contributed by atoms with Gasteiger partial charge in [0.2, 0.25) is 5.95 Å². The first kappa shape index (κ1) is 10.7. The van der Waals surface area contributed by atoms with E-state index in [1.165, 1.54) is 11.1 Å². The highest BCUT2D eigenvalue weighted by Crippen LogP contribution is 2.25. The summed E-state index contributed by atoms with van der Waals surface area (Å²) < 4.78 is 0. The van der Waals surface area contributed by atoms with Gasteiger partial charge in [-0.1, -0.05) is 12.1 Å². The van der Waals surface area contributed by atoms with Gasteiger partial charge >= 0.3 is 0 Å². The second-order valence-electron chi connectivity index (χ2n) is 4.00. The minimum Gasteiger partial charge on any atom is -0.312 e. The van der Waals surface area contributed by atoms with Crippen molar-refractivity contribution in [3.8, 4) is 0 Å². The molecule has 84 valence electrons. The van der Waals surface area contributed by atoms with Gasteiger partial charge in [-0.25, -0.2) is 0 Å². The van der Waals surface area contributed by atoms with Crippen LogP contribution in [0.3, 0.4) is 0 Å². The molecule has 0 aliphatic heterocycles. The van der Waals surface area contributed by atoms with Gasteiger partial charge in [0.05, 0.1) is 0 Å². The van der Waals surface area contributed by atoms with Crippen molar-refractivity contribution in [2.75, 3.05) is 11.9 Å². The summed E-state index contributed by atoms with van der Waals surface area (Å²) in [5, 5.41) is 7.00. The lowest BCUT2D eigenvalue weighted by molar-refractivity contribution is 1.01. The van der Waals surface area contributed by atoms with Crippen LogP contribution >= 0.6 is 0 Å². The zero-order chi connectivity index (χ0) is 11.7. The smallest absolute Gasteiger partial charge is 0.248 e. The molecule has 0 bridgehead atoms. The molecule has 2 rings (SSSR count). The number of anilines is 2.